The van der Waals surface area contributed by atoms with E-state index in [2.05, 4.69) is 5.32 Å². The Morgan fingerprint density at radius 1 is 0.674 bits per heavy atom. The van der Waals surface area contributed by atoms with E-state index in [9.17, 15) is 44.3 Å². The second-order valence-corrected chi connectivity index (χ2v) is 22.5. The number of benzene rings is 7. The number of anilines is 1. The second-order valence-electron chi connectivity index (χ2n) is 20.6. The normalized spacial score (nSPS) is 14.7. The zero-order valence-electron chi connectivity index (χ0n) is 48.0. The summed E-state index contributed by atoms with van der Waals surface area (Å²) < 4.78 is 131. The fourth-order valence-electron chi connectivity index (χ4n) is 9.17. The molecule has 0 radical (unpaired) electrons. The lowest BCUT2D eigenvalue weighted by molar-refractivity contribution is -0.138. The average molecular weight is 1210 g/mol. The van der Waals surface area contributed by atoms with Crippen LogP contribution in [0.3, 0.4) is 0 Å². The molecule has 0 bridgehead atoms. The molecule has 0 aliphatic carbocycles. The minimum atomic E-state index is -4.38. The van der Waals surface area contributed by atoms with Crippen molar-refractivity contribution in [1.82, 2.24) is 16.4 Å². The van der Waals surface area contributed by atoms with E-state index in [4.69, 9.17) is 34.9 Å². The molecule has 0 aromatic heterocycles. The predicted molar refractivity (Wildman–Crippen MR) is 318 cm³/mol. The predicted octanol–water partition coefficient (Wildman–Crippen LogP) is 13.7. The van der Waals surface area contributed by atoms with Crippen LogP contribution in [-0.4, -0.2) is 69.5 Å². The highest BCUT2D eigenvalue weighted by molar-refractivity contribution is 8.06. The number of ether oxygens (including phenoxy) is 5. The number of carbonyl (C=O) groups is 2. The Labute approximate surface area is 496 Å². The topological polar surface area (TPSA) is 218 Å². The summed E-state index contributed by atoms with van der Waals surface area (Å²) in [5.74, 6) is 7.67. The van der Waals surface area contributed by atoms with Gasteiger partial charge in [-0.2, -0.15) is 26.3 Å². The van der Waals surface area contributed by atoms with Gasteiger partial charge in [0.25, 0.3) is 0 Å². The minimum Gasteiger partial charge on any atom is -0.493 e. The quantitative estimate of drug-likeness (QED) is 0.0199. The molecule has 2 unspecified atom stereocenters. The first-order chi connectivity index (χ1) is 40.4. The summed E-state index contributed by atoms with van der Waals surface area (Å²) in [5, 5.41) is 11.9. The van der Waals surface area contributed by atoms with Crippen molar-refractivity contribution in [3.8, 4) is 23.0 Å². The molecule has 2 atom stereocenters. The fourth-order valence-corrected chi connectivity index (χ4v) is 10.5. The van der Waals surface area contributed by atoms with Crippen LogP contribution in [0.5, 0.6) is 23.0 Å². The number of alkyl halides is 6. The maximum atomic E-state index is 13.6. The Hall–Kier alpha value is -8.70. The van der Waals surface area contributed by atoms with Gasteiger partial charge in [-0.3, -0.25) is 20.1 Å². The number of nitrogens with zero attached hydrogens (tertiary/aromatic N) is 2. The number of sulfone groups is 1. The molecule has 0 saturated heterocycles. The number of nitrogens with one attached hydrogen (secondary N) is 2. The molecule has 22 heteroatoms. The molecule has 0 saturated carbocycles. The number of amides is 1. The minimum absolute atomic E-state index is 0. The zero-order chi connectivity index (χ0) is 61.5. The van der Waals surface area contributed by atoms with Crippen LogP contribution in [0.15, 0.2) is 170 Å². The molecule has 7 aromatic rings. The molecule has 1 amide bonds. The lowest BCUT2D eigenvalue weighted by Gasteiger charge is -2.38. The number of rotatable bonds is 14. The van der Waals surface area contributed by atoms with Crippen molar-refractivity contribution < 1.29 is 68.0 Å². The Balaban J connectivity index is 0.000000232. The number of fused-ring (bicyclic) bond motifs is 2. The molecule has 7 aromatic carbocycles. The largest absolute Gasteiger partial charge is 0.493 e. The van der Waals surface area contributed by atoms with Gasteiger partial charge in [0, 0.05) is 18.7 Å². The van der Waals surface area contributed by atoms with Crippen LogP contribution in [0.1, 0.15) is 93.3 Å². The number of nitrogens with two attached hydrogens (primary N) is 1. The first-order valence-corrected chi connectivity index (χ1v) is 28.4. The third-order valence-electron chi connectivity index (χ3n) is 13.4. The van der Waals surface area contributed by atoms with Gasteiger partial charge >= 0.3 is 18.4 Å². The summed E-state index contributed by atoms with van der Waals surface area (Å²) in [6, 6.07) is 43.9. The van der Waals surface area contributed by atoms with E-state index >= 15 is 0 Å². The van der Waals surface area contributed by atoms with Crippen LogP contribution in [0.25, 0.3) is 6.08 Å². The molecule has 9 rings (SSSR count). The zero-order valence-corrected chi connectivity index (χ0v) is 48.8. The number of aldehydes is 1. The van der Waals surface area contributed by atoms with Gasteiger partial charge in [0.1, 0.15) is 25.1 Å². The van der Waals surface area contributed by atoms with E-state index in [1.165, 1.54) is 30.2 Å². The van der Waals surface area contributed by atoms with Gasteiger partial charge in [0.2, 0.25) is 15.0 Å². The molecule has 0 spiro atoms. The number of methoxy groups -OCH3 is 2. The van der Waals surface area contributed by atoms with E-state index in [0.717, 1.165) is 70.1 Å². The van der Waals surface area contributed by atoms with Crippen molar-refractivity contribution in [3.05, 3.63) is 226 Å². The summed E-state index contributed by atoms with van der Waals surface area (Å²) in [6.07, 6.45) is -4.12. The highest BCUT2D eigenvalue weighted by atomic mass is 32.2. The number of amidine groups is 1. The maximum absolute atomic E-state index is 13.6. The Bertz CT molecular complexity index is 3550. The Kier molecular flexibility index (Phi) is 22.7. The van der Waals surface area contributed by atoms with Gasteiger partial charge < -0.3 is 35.2 Å². The first kappa shape index (κ1) is 66.4. The summed E-state index contributed by atoms with van der Waals surface area (Å²) >= 11 is 0. The Morgan fingerprint density at radius 3 is 1.66 bits per heavy atom. The third-order valence-corrected chi connectivity index (χ3v) is 14.9. The fraction of sp³-hybridized carbons (Fsp3) is 0.266. The summed E-state index contributed by atoms with van der Waals surface area (Å²) in [4.78, 5) is 24.8. The van der Waals surface area contributed by atoms with E-state index in [1.54, 1.807) is 76.4 Å². The number of hydrogen-bond acceptors (Lipinski definition) is 13. The molecule has 2 aliphatic rings. The monoisotopic (exact) mass is 1210 g/mol. The number of halogens is 6. The van der Waals surface area contributed by atoms with E-state index in [0.29, 0.717) is 65.7 Å². The maximum Gasteiger partial charge on any atom is 0.416 e. The lowest BCUT2D eigenvalue weighted by Crippen LogP contribution is -2.48. The van der Waals surface area contributed by atoms with Crippen molar-refractivity contribution >= 4 is 39.1 Å². The van der Waals surface area contributed by atoms with Crippen LogP contribution in [0.4, 0.5) is 36.8 Å². The molecule has 15 nitrogen and oxygen atoms in total. The van der Waals surface area contributed by atoms with E-state index < -0.39 is 62.0 Å². The lowest BCUT2D eigenvalue weighted by atomic mass is 9.93. The van der Waals surface area contributed by atoms with Crippen LogP contribution < -0.4 is 41.3 Å². The molecule has 2 aliphatic heterocycles. The highest BCUT2D eigenvalue weighted by Crippen LogP contribution is 2.41. The molecule has 456 valence electrons. The van der Waals surface area contributed by atoms with Crippen LogP contribution in [0.2, 0.25) is 0 Å². The van der Waals surface area contributed by atoms with Crippen LogP contribution in [0, 0.1) is 5.41 Å². The van der Waals surface area contributed by atoms with Crippen molar-refractivity contribution in [2.45, 2.75) is 76.9 Å². The molecule has 7 N–H and O–H groups in total. The SMILES string of the molecule is COc1cc2c(cc1OCc1ccccc1)CCN(C(=O)OC(C)(C)C)C2CS(=O)(=O)C(=N)N(N)c1ccccc1.COc1cc2c(cc1OCc1ccccc1)CCNC2/C=C/c1cccc(C(F)(F)F)c1.N.O=Cc1cccc(C(F)(F)F)c1. The van der Waals surface area contributed by atoms with Crippen molar-refractivity contribution in [1.29, 1.82) is 5.41 Å². The van der Waals surface area contributed by atoms with Gasteiger partial charge in [-0.15, -0.1) is 0 Å². The van der Waals surface area contributed by atoms with Crippen LogP contribution >= 0.6 is 0 Å². The van der Waals surface area contributed by atoms with Crippen LogP contribution in [-0.2, 0) is 53.0 Å². The third kappa shape index (κ3) is 18.2. The summed E-state index contributed by atoms with van der Waals surface area (Å²) in [6.45, 7) is 6.97. The molecular formula is C64H68F6N6O9S. The molecule has 2 heterocycles. The number of carbonyl (C=O) groups excluding carboxylic acids is 2. The number of para-hydroxylation sites is 1. The van der Waals surface area contributed by atoms with Crippen molar-refractivity contribution in [3.63, 3.8) is 0 Å². The molecule has 0 fully saturated rings. The summed E-state index contributed by atoms with van der Waals surface area (Å²) in [5.41, 5.74) is 4.23. The highest BCUT2D eigenvalue weighted by Gasteiger charge is 2.40. The Morgan fingerprint density at radius 2 is 1.16 bits per heavy atom. The molecule has 86 heavy (non-hydrogen) atoms. The van der Waals surface area contributed by atoms with Gasteiger partial charge in [0.05, 0.1) is 48.9 Å². The number of hydrazine groups is 1. The smallest absolute Gasteiger partial charge is 0.416 e. The molecular weight excluding hydrogens is 1140 g/mol. The number of hydrogen-bond donors (Lipinski definition) is 4. The van der Waals surface area contributed by atoms with Gasteiger partial charge in [0.15, 0.2) is 23.0 Å². The second kappa shape index (κ2) is 29.4. The van der Waals surface area contributed by atoms with Crippen molar-refractivity contribution in [2.24, 2.45) is 5.84 Å². The van der Waals surface area contributed by atoms with Gasteiger partial charge in [-0.05, 0) is 133 Å². The van der Waals surface area contributed by atoms with E-state index in [-0.39, 0.29) is 24.3 Å². The summed E-state index contributed by atoms with van der Waals surface area (Å²) in [7, 11) is -1.18. The van der Waals surface area contributed by atoms with Crippen molar-refractivity contribution in [2.75, 3.05) is 38.1 Å². The van der Waals surface area contributed by atoms with Gasteiger partial charge in [-0.1, -0.05) is 115 Å². The first-order valence-electron chi connectivity index (χ1n) is 26.7. The standard InChI is InChI=1S/C30H36N4O6S.C26H24F3NO2.C8H5F3O.H3N/c1-30(2,3)40-29(35)33-16-15-22-17-27(39-19-21-11-7-5-8-12-21)26(38-4)18-24(22)25(33)20-41(36,37)28(31)34(32)23-13-9-6-10-14-23;1-31-24-16-22-20(15-25(24)32-17-19-6-3-2-4-7-19)12-13-30-23(22)11-10-18-8-5-9-21(14-18)26(27,28)29;9-8(10,11)7-3-1-2-6(4-7)5-12;/h5-14,17-18,25,31H,15-16,19-20,32H2,1-4H3;2-11,14-16,23,30H,12-13,17H2,1H3;1-5H;1H3/b;11-10+;;. The average Bonchev–Trinajstić information content (AvgIpc) is 1.63. The van der Waals surface area contributed by atoms with Gasteiger partial charge in [-0.25, -0.2) is 19.1 Å². The van der Waals surface area contributed by atoms with E-state index in [1.807, 2.05) is 84.9 Å².